The van der Waals surface area contributed by atoms with Crippen molar-refractivity contribution in [2.24, 2.45) is 4.99 Å². The number of nitrogens with one attached hydrogen (secondary N) is 2. The van der Waals surface area contributed by atoms with Crippen LogP contribution in [0.3, 0.4) is 0 Å². The second kappa shape index (κ2) is 15.0. The van der Waals surface area contributed by atoms with Crippen LogP contribution in [0.4, 0.5) is 0 Å². The second-order valence-corrected chi connectivity index (χ2v) is 6.10. The molecule has 1 aromatic rings. The number of guanidine groups is 1. The molecule has 2 rings (SSSR count). The molecule has 6 nitrogen and oxygen atoms in total. The predicted octanol–water partition coefficient (Wildman–Crippen LogP) is 2.35. The number of benzene rings is 1. The molecule has 2 N–H and O–H groups in total. The summed E-state index contributed by atoms with van der Waals surface area (Å²) in [7, 11) is 1.81. The summed E-state index contributed by atoms with van der Waals surface area (Å²) in [6.07, 6.45) is 3.29. The summed E-state index contributed by atoms with van der Waals surface area (Å²) in [5.74, 6) is 1.79. The van der Waals surface area contributed by atoms with Gasteiger partial charge < -0.3 is 20.1 Å². The van der Waals surface area contributed by atoms with Crippen molar-refractivity contribution in [3.05, 3.63) is 30.3 Å². The normalized spacial score (nSPS) is 15.2. The van der Waals surface area contributed by atoms with E-state index in [-0.39, 0.29) is 24.0 Å². The maximum absolute atomic E-state index is 5.68. The zero-order valence-corrected chi connectivity index (χ0v) is 18.1. The highest BCUT2D eigenvalue weighted by molar-refractivity contribution is 14.0. The first-order chi connectivity index (χ1) is 12.4. The van der Waals surface area contributed by atoms with Crippen LogP contribution in [0.15, 0.2) is 35.3 Å². The lowest BCUT2D eigenvalue weighted by Crippen LogP contribution is -2.39. The Morgan fingerprint density at radius 2 is 1.77 bits per heavy atom. The summed E-state index contributed by atoms with van der Waals surface area (Å²) in [6.45, 7) is 7.56. The van der Waals surface area contributed by atoms with Gasteiger partial charge >= 0.3 is 0 Å². The van der Waals surface area contributed by atoms with Gasteiger partial charge in [0, 0.05) is 33.2 Å². The van der Waals surface area contributed by atoms with Crippen molar-refractivity contribution in [1.29, 1.82) is 0 Å². The lowest BCUT2D eigenvalue weighted by atomic mass is 10.3. The number of para-hydroxylation sites is 1. The Labute approximate surface area is 174 Å². The molecule has 0 saturated carbocycles. The van der Waals surface area contributed by atoms with E-state index in [0.717, 1.165) is 70.5 Å². The Balaban J connectivity index is 0.00000338. The average molecular weight is 476 g/mol. The highest BCUT2D eigenvalue weighted by Crippen LogP contribution is 2.08. The minimum atomic E-state index is 0. The Kier molecular flexibility index (Phi) is 13.3. The van der Waals surface area contributed by atoms with Crippen LogP contribution in [-0.2, 0) is 4.74 Å². The molecule has 0 aliphatic carbocycles. The van der Waals surface area contributed by atoms with Crippen molar-refractivity contribution >= 4 is 29.9 Å². The first-order valence-electron chi connectivity index (χ1n) is 9.31. The number of unbranched alkanes of at least 4 members (excludes halogenated alkanes) is 1. The Morgan fingerprint density at radius 3 is 2.46 bits per heavy atom. The van der Waals surface area contributed by atoms with Crippen LogP contribution in [0.5, 0.6) is 5.75 Å². The lowest BCUT2D eigenvalue weighted by Gasteiger charge is -2.26. The highest BCUT2D eigenvalue weighted by atomic mass is 127. The molecule has 1 heterocycles. The number of ether oxygens (including phenoxy) is 2. The molecule has 1 aromatic carbocycles. The molecule has 0 bridgehead atoms. The molecular formula is C19H33IN4O2. The van der Waals surface area contributed by atoms with E-state index >= 15 is 0 Å². The SMILES string of the molecule is CN=C(NCCCCN1CCOCC1)NCCCOc1ccccc1.I. The fourth-order valence-electron chi connectivity index (χ4n) is 2.70. The van der Waals surface area contributed by atoms with E-state index in [1.165, 1.54) is 6.42 Å². The van der Waals surface area contributed by atoms with Crippen molar-refractivity contribution in [2.75, 3.05) is 59.6 Å². The molecule has 0 amide bonds. The van der Waals surface area contributed by atoms with Gasteiger partial charge in [0.15, 0.2) is 5.96 Å². The fraction of sp³-hybridized carbons (Fsp3) is 0.632. The molecule has 1 aliphatic rings. The molecule has 0 aromatic heterocycles. The number of halogens is 1. The maximum atomic E-state index is 5.68. The predicted molar refractivity (Wildman–Crippen MR) is 118 cm³/mol. The van der Waals surface area contributed by atoms with E-state index in [0.29, 0.717) is 6.61 Å². The van der Waals surface area contributed by atoms with Gasteiger partial charge in [-0.2, -0.15) is 0 Å². The topological polar surface area (TPSA) is 58.1 Å². The number of aliphatic imine (C=N–C) groups is 1. The third-order valence-electron chi connectivity index (χ3n) is 4.15. The summed E-state index contributed by atoms with van der Waals surface area (Å²) < 4.78 is 11.0. The van der Waals surface area contributed by atoms with Gasteiger partial charge in [-0.05, 0) is 37.9 Å². The minimum absolute atomic E-state index is 0. The summed E-state index contributed by atoms with van der Waals surface area (Å²) in [4.78, 5) is 6.73. The first-order valence-corrected chi connectivity index (χ1v) is 9.31. The van der Waals surface area contributed by atoms with E-state index in [1.54, 1.807) is 0 Å². The molecule has 0 atom stereocenters. The highest BCUT2D eigenvalue weighted by Gasteiger charge is 2.08. The summed E-state index contributed by atoms with van der Waals surface area (Å²) in [6, 6.07) is 9.91. The molecule has 0 spiro atoms. The van der Waals surface area contributed by atoms with Crippen molar-refractivity contribution < 1.29 is 9.47 Å². The Bertz CT molecular complexity index is 482. The van der Waals surface area contributed by atoms with E-state index in [9.17, 15) is 0 Å². The van der Waals surface area contributed by atoms with Crippen LogP contribution in [0.25, 0.3) is 0 Å². The van der Waals surface area contributed by atoms with E-state index in [1.807, 2.05) is 37.4 Å². The molecule has 0 radical (unpaired) electrons. The third kappa shape index (κ3) is 10.2. The van der Waals surface area contributed by atoms with Crippen LogP contribution in [0.1, 0.15) is 19.3 Å². The van der Waals surface area contributed by atoms with Gasteiger partial charge in [0.1, 0.15) is 5.75 Å². The van der Waals surface area contributed by atoms with E-state index in [4.69, 9.17) is 9.47 Å². The molecule has 26 heavy (non-hydrogen) atoms. The Hall–Kier alpha value is -1.06. The van der Waals surface area contributed by atoms with Crippen LogP contribution < -0.4 is 15.4 Å². The van der Waals surface area contributed by atoms with Crippen molar-refractivity contribution in [2.45, 2.75) is 19.3 Å². The quantitative estimate of drug-likeness (QED) is 0.235. The standard InChI is InChI=1S/C19H32N4O2.HI/c1-20-19(21-10-5-6-12-23-13-16-24-17-14-23)22-11-7-15-25-18-8-3-2-4-9-18;/h2-4,8-9H,5-7,10-17H2,1H3,(H2,20,21,22);1H. The van der Waals surface area contributed by atoms with Crippen LogP contribution in [-0.4, -0.2) is 70.5 Å². The number of morpholine rings is 1. The zero-order valence-electron chi connectivity index (χ0n) is 15.8. The molecular weight excluding hydrogens is 443 g/mol. The molecule has 148 valence electrons. The number of hydrogen-bond acceptors (Lipinski definition) is 4. The van der Waals surface area contributed by atoms with Crippen molar-refractivity contribution in [3.8, 4) is 5.75 Å². The second-order valence-electron chi connectivity index (χ2n) is 6.10. The van der Waals surface area contributed by atoms with Crippen molar-refractivity contribution in [3.63, 3.8) is 0 Å². The van der Waals surface area contributed by atoms with Gasteiger partial charge in [0.05, 0.1) is 19.8 Å². The molecule has 1 saturated heterocycles. The first kappa shape index (κ1) is 23.0. The number of rotatable bonds is 10. The lowest BCUT2D eigenvalue weighted by molar-refractivity contribution is 0.0372. The summed E-state index contributed by atoms with van der Waals surface area (Å²) >= 11 is 0. The molecule has 0 unspecified atom stereocenters. The zero-order chi connectivity index (χ0) is 17.6. The number of nitrogens with zero attached hydrogens (tertiary/aromatic N) is 2. The third-order valence-corrected chi connectivity index (χ3v) is 4.15. The monoisotopic (exact) mass is 476 g/mol. The number of hydrogen-bond donors (Lipinski definition) is 2. The Morgan fingerprint density at radius 1 is 1.08 bits per heavy atom. The molecule has 7 heteroatoms. The maximum Gasteiger partial charge on any atom is 0.190 e. The van der Waals surface area contributed by atoms with Crippen LogP contribution >= 0.6 is 24.0 Å². The molecule has 1 aliphatic heterocycles. The summed E-state index contributed by atoms with van der Waals surface area (Å²) in [5.41, 5.74) is 0. The van der Waals surface area contributed by atoms with E-state index < -0.39 is 0 Å². The van der Waals surface area contributed by atoms with Crippen LogP contribution in [0, 0.1) is 0 Å². The fourth-order valence-corrected chi connectivity index (χ4v) is 2.70. The smallest absolute Gasteiger partial charge is 0.190 e. The van der Waals surface area contributed by atoms with Gasteiger partial charge in [0.25, 0.3) is 0 Å². The van der Waals surface area contributed by atoms with Crippen molar-refractivity contribution in [1.82, 2.24) is 15.5 Å². The molecule has 1 fully saturated rings. The van der Waals surface area contributed by atoms with Gasteiger partial charge in [-0.15, -0.1) is 24.0 Å². The van der Waals surface area contributed by atoms with Gasteiger partial charge in [-0.25, -0.2) is 0 Å². The summed E-state index contributed by atoms with van der Waals surface area (Å²) in [5, 5.41) is 6.70. The van der Waals surface area contributed by atoms with E-state index in [2.05, 4.69) is 20.5 Å². The largest absolute Gasteiger partial charge is 0.494 e. The minimum Gasteiger partial charge on any atom is -0.494 e. The van der Waals surface area contributed by atoms with Gasteiger partial charge in [-0.3, -0.25) is 9.89 Å². The average Bonchev–Trinajstić information content (AvgIpc) is 2.67. The van der Waals surface area contributed by atoms with Gasteiger partial charge in [-0.1, -0.05) is 18.2 Å². The van der Waals surface area contributed by atoms with Gasteiger partial charge in [0.2, 0.25) is 0 Å². The van der Waals surface area contributed by atoms with Crippen LogP contribution in [0.2, 0.25) is 0 Å².